The third-order valence-corrected chi connectivity index (χ3v) is 3.38. The van der Waals surface area contributed by atoms with Gasteiger partial charge >= 0.3 is 0 Å². The molecular formula is C16H15ClN2O2. The van der Waals surface area contributed by atoms with Gasteiger partial charge in [-0.3, -0.25) is 4.79 Å². The van der Waals surface area contributed by atoms with E-state index in [1.165, 1.54) is 0 Å². The predicted molar refractivity (Wildman–Crippen MR) is 84.6 cm³/mol. The van der Waals surface area contributed by atoms with E-state index >= 15 is 0 Å². The number of amides is 1. The van der Waals surface area contributed by atoms with E-state index in [4.69, 9.17) is 16.8 Å². The average molecular weight is 303 g/mol. The molecule has 2 aromatic rings. The number of rotatable bonds is 3. The lowest BCUT2D eigenvalue weighted by Crippen LogP contribution is -2.15. The molecule has 0 saturated carbocycles. The number of hydrogen-bond acceptors (Lipinski definition) is 3. The Kier molecular flexibility index (Phi) is 4.60. The molecule has 1 amide bonds. The highest BCUT2D eigenvalue weighted by molar-refractivity contribution is 6.30. The quantitative estimate of drug-likeness (QED) is 0.509. The van der Waals surface area contributed by atoms with E-state index in [0.717, 1.165) is 5.56 Å². The number of nitrogens with zero attached hydrogens (tertiary/aromatic N) is 1. The fraction of sp³-hybridized carbons (Fsp3) is 0.125. The summed E-state index contributed by atoms with van der Waals surface area (Å²) in [7, 11) is 0. The summed E-state index contributed by atoms with van der Waals surface area (Å²) in [4.78, 5) is 12.4. The van der Waals surface area contributed by atoms with Gasteiger partial charge in [0, 0.05) is 16.1 Å². The largest absolute Gasteiger partial charge is 0.411 e. The van der Waals surface area contributed by atoms with Crippen LogP contribution in [0.1, 0.15) is 28.4 Å². The normalized spacial score (nSPS) is 11.3. The van der Waals surface area contributed by atoms with Crippen LogP contribution in [0.5, 0.6) is 0 Å². The third kappa shape index (κ3) is 3.41. The molecule has 0 heterocycles. The minimum atomic E-state index is -0.234. The lowest BCUT2D eigenvalue weighted by molar-refractivity contribution is 0.102. The minimum absolute atomic E-state index is 0.234. The van der Waals surface area contributed by atoms with Gasteiger partial charge in [-0.15, -0.1) is 0 Å². The molecule has 0 aromatic heterocycles. The van der Waals surface area contributed by atoms with Crippen molar-refractivity contribution < 1.29 is 10.0 Å². The summed E-state index contributed by atoms with van der Waals surface area (Å²) in [5.74, 6) is -0.234. The summed E-state index contributed by atoms with van der Waals surface area (Å²) in [5.41, 5.74) is 3.03. The van der Waals surface area contributed by atoms with Crippen LogP contribution in [-0.2, 0) is 0 Å². The van der Waals surface area contributed by atoms with Crippen LogP contribution >= 0.6 is 11.6 Å². The molecule has 2 aromatic carbocycles. The second-order valence-corrected chi connectivity index (χ2v) is 5.08. The topological polar surface area (TPSA) is 61.7 Å². The van der Waals surface area contributed by atoms with Crippen molar-refractivity contribution >= 4 is 28.9 Å². The molecule has 4 nitrogen and oxygen atoms in total. The number of para-hydroxylation sites is 1. The Labute approximate surface area is 128 Å². The zero-order chi connectivity index (χ0) is 15.4. The highest BCUT2D eigenvalue weighted by atomic mass is 35.5. The summed E-state index contributed by atoms with van der Waals surface area (Å²) < 4.78 is 0. The first-order valence-electron chi connectivity index (χ1n) is 6.38. The Bertz CT molecular complexity index is 711. The van der Waals surface area contributed by atoms with Gasteiger partial charge in [-0.25, -0.2) is 0 Å². The van der Waals surface area contributed by atoms with Crippen LogP contribution in [0, 0.1) is 6.92 Å². The molecule has 0 aliphatic carbocycles. The maximum atomic E-state index is 12.4. The van der Waals surface area contributed by atoms with Gasteiger partial charge in [-0.05, 0) is 43.7 Å². The molecule has 5 heteroatoms. The summed E-state index contributed by atoms with van der Waals surface area (Å²) in [6, 6.07) is 12.2. The molecule has 0 radical (unpaired) electrons. The molecule has 21 heavy (non-hydrogen) atoms. The van der Waals surface area contributed by atoms with Gasteiger partial charge in [-0.2, -0.15) is 0 Å². The standard InChI is InChI=1S/C16H15ClN2O2/c1-10-9-12(17)7-8-13(10)16(20)18-15-6-4-3-5-14(15)11(2)19-21/h3-9,21H,1-2H3,(H,18,20)/b19-11-. The van der Waals surface area contributed by atoms with Crippen molar-refractivity contribution in [1.82, 2.24) is 0 Å². The van der Waals surface area contributed by atoms with E-state index < -0.39 is 0 Å². The number of benzene rings is 2. The van der Waals surface area contributed by atoms with E-state index in [-0.39, 0.29) is 5.91 Å². The van der Waals surface area contributed by atoms with Crippen molar-refractivity contribution in [2.24, 2.45) is 5.16 Å². The van der Waals surface area contributed by atoms with Crippen LogP contribution in [0.3, 0.4) is 0 Å². The zero-order valence-electron chi connectivity index (χ0n) is 11.7. The number of nitrogens with one attached hydrogen (secondary N) is 1. The van der Waals surface area contributed by atoms with Crippen molar-refractivity contribution in [3.8, 4) is 0 Å². The van der Waals surface area contributed by atoms with Crippen molar-refractivity contribution in [2.75, 3.05) is 5.32 Å². The Morgan fingerprint density at radius 3 is 2.57 bits per heavy atom. The Morgan fingerprint density at radius 1 is 1.19 bits per heavy atom. The van der Waals surface area contributed by atoms with E-state index in [9.17, 15) is 4.79 Å². The molecule has 2 rings (SSSR count). The Hall–Kier alpha value is -2.33. The second kappa shape index (κ2) is 6.41. The summed E-state index contributed by atoms with van der Waals surface area (Å²) in [5, 5.41) is 15.5. The number of anilines is 1. The lowest BCUT2D eigenvalue weighted by Gasteiger charge is -2.11. The van der Waals surface area contributed by atoms with Crippen molar-refractivity contribution in [3.05, 3.63) is 64.2 Å². The molecule has 0 fully saturated rings. The average Bonchev–Trinajstić information content (AvgIpc) is 2.46. The Balaban J connectivity index is 2.32. The monoisotopic (exact) mass is 302 g/mol. The van der Waals surface area contributed by atoms with Crippen molar-refractivity contribution in [1.29, 1.82) is 0 Å². The number of carbonyl (C=O) groups excluding carboxylic acids is 1. The first kappa shape index (κ1) is 15.1. The molecule has 108 valence electrons. The summed E-state index contributed by atoms with van der Waals surface area (Å²) >= 11 is 5.89. The number of oxime groups is 1. The smallest absolute Gasteiger partial charge is 0.255 e. The predicted octanol–water partition coefficient (Wildman–Crippen LogP) is 4.10. The minimum Gasteiger partial charge on any atom is -0.411 e. The summed E-state index contributed by atoms with van der Waals surface area (Å²) in [6.45, 7) is 3.49. The van der Waals surface area contributed by atoms with E-state index in [1.54, 1.807) is 43.3 Å². The van der Waals surface area contributed by atoms with Gasteiger partial charge in [0.15, 0.2) is 0 Å². The van der Waals surface area contributed by atoms with E-state index in [0.29, 0.717) is 27.5 Å². The number of aryl methyl sites for hydroxylation is 1. The first-order valence-corrected chi connectivity index (χ1v) is 6.76. The van der Waals surface area contributed by atoms with E-state index in [1.807, 2.05) is 13.0 Å². The summed E-state index contributed by atoms with van der Waals surface area (Å²) in [6.07, 6.45) is 0. The van der Waals surface area contributed by atoms with Crippen molar-refractivity contribution in [3.63, 3.8) is 0 Å². The molecule has 0 bridgehead atoms. The van der Waals surface area contributed by atoms with Crippen LogP contribution in [0.2, 0.25) is 5.02 Å². The lowest BCUT2D eigenvalue weighted by atomic mass is 10.1. The van der Waals surface area contributed by atoms with Gasteiger partial charge in [0.05, 0.1) is 11.4 Å². The molecular weight excluding hydrogens is 288 g/mol. The highest BCUT2D eigenvalue weighted by Gasteiger charge is 2.12. The maximum Gasteiger partial charge on any atom is 0.255 e. The van der Waals surface area contributed by atoms with Crippen LogP contribution < -0.4 is 5.32 Å². The molecule has 0 saturated heterocycles. The van der Waals surface area contributed by atoms with Crippen LogP contribution in [-0.4, -0.2) is 16.8 Å². The molecule has 0 unspecified atom stereocenters. The molecule has 0 aliphatic heterocycles. The fourth-order valence-corrected chi connectivity index (χ4v) is 2.26. The van der Waals surface area contributed by atoms with Crippen molar-refractivity contribution in [2.45, 2.75) is 13.8 Å². The van der Waals surface area contributed by atoms with Crippen LogP contribution in [0.4, 0.5) is 5.69 Å². The van der Waals surface area contributed by atoms with E-state index in [2.05, 4.69) is 10.5 Å². The van der Waals surface area contributed by atoms with Crippen LogP contribution in [0.15, 0.2) is 47.6 Å². The highest BCUT2D eigenvalue weighted by Crippen LogP contribution is 2.20. The fourth-order valence-electron chi connectivity index (χ4n) is 2.03. The zero-order valence-corrected chi connectivity index (χ0v) is 12.5. The molecule has 0 atom stereocenters. The SMILES string of the molecule is C/C(=N/O)c1ccccc1NC(=O)c1ccc(Cl)cc1C. The van der Waals surface area contributed by atoms with Gasteiger partial charge < -0.3 is 10.5 Å². The van der Waals surface area contributed by atoms with Gasteiger partial charge in [0.25, 0.3) is 5.91 Å². The number of carbonyl (C=O) groups is 1. The molecule has 0 spiro atoms. The van der Waals surface area contributed by atoms with Crippen LogP contribution in [0.25, 0.3) is 0 Å². The molecule has 0 aliphatic rings. The maximum absolute atomic E-state index is 12.4. The molecule has 2 N–H and O–H groups in total. The van der Waals surface area contributed by atoms with Gasteiger partial charge in [-0.1, -0.05) is 35.0 Å². The van der Waals surface area contributed by atoms with Gasteiger partial charge in [0.1, 0.15) is 0 Å². The first-order chi connectivity index (χ1) is 10.0. The number of hydrogen-bond donors (Lipinski definition) is 2. The second-order valence-electron chi connectivity index (χ2n) is 4.64. The Morgan fingerprint density at radius 2 is 1.90 bits per heavy atom. The third-order valence-electron chi connectivity index (χ3n) is 3.15. The van der Waals surface area contributed by atoms with Gasteiger partial charge in [0.2, 0.25) is 0 Å². The number of halogens is 1.